The first kappa shape index (κ1) is 13.8. The molecule has 2 rings (SSSR count). The Morgan fingerprint density at radius 3 is 2.74 bits per heavy atom. The molecule has 1 saturated carbocycles. The summed E-state index contributed by atoms with van der Waals surface area (Å²) < 4.78 is 0. The summed E-state index contributed by atoms with van der Waals surface area (Å²) in [6.45, 7) is 4.79. The van der Waals surface area contributed by atoms with E-state index >= 15 is 0 Å². The standard InChI is InChI=1S/C14H22N4O/c1-9(2)13-16-7-11(15)12(17-13)14(19)18(3)8-10-5-4-6-10/h7,9-10H,4-6,8,15H2,1-3H3. The number of aromatic nitrogens is 2. The Balaban J connectivity index is 2.14. The van der Waals surface area contributed by atoms with Gasteiger partial charge in [0.25, 0.3) is 5.91 Å². The number of carbonyl (C=O) groups excluding carboxylic acids is 1. The van der Waals surface area contributed by atoms with Crippen LogP contribution in [-0.2, 0) is 0 Å². The first-order valence-electron chi connectivity index (χ1n) is 6.87. The van der Waals surface area contributed by atoms with Crippen molar-refractivity contribution in [1.29, 1.82) is 0 Å². The number of nitrogen functional groups attached to an aromatic ring is 1. The van der Waals surface area contributed by atoms with Gasteiger partial charge in [-0.25, -0.2) is 9.97 Å². The van der Waals surface area contributed by atoms with Gasteiger partial charge in [0.2, 0.25) is 0 Å². The molecule has 5 nitrogen and oxygen atoms in total. The Morgan fingerprint density at radius 1 is 1.53 bits per heavy atom. The van der Waals surface area contributed by atoms with Gasteiger partial charge in [-0.05, 0) is 18.8 Å². The molecular weight excluding hydrogens is 240 g/mol. The van der Waals surface area contributed by atoms with Crippen molar-refractivity contribution in [3.05, 3.63) is 17.7 Å². The van der Waals surface area contributed by atoms with Crippen LogP contribution in [0.2, 0.25) is 0 Å². The van der Waals surface area contributed by atoms with Gasteiger partial charge >= 0.3 is 0 Å². The van der Waals surface area contributed by atoms with E-state index in [1.165, 1.54) is 25.5 Å². The van der Waals surface area contributed by atoms with Crippen molar-refractivity contribution in [2.24, 2.45) is 5.92 Å². The summed E-state index contributed by atoms with van der Waals surface area (Å²) in [5.74, 6) is 1.38. The van der Waals surface area contributed by atoms with E-state index in [-0.39, 0.29) is 11.8 Å². The number of anilines is 1. The maximum absolute atomic E-state index is 12.4. The van der Waals surface area contributed by atoms with E-state index in [2.05, 4.69) is 9.97 Å². The molecule has 104 valence electrons. The van der Waals surface area contributed by atoms with Gasteiger partial charge in [-0.3, -0.25) is 4.79 Å². The summed E-state index contributed by atoms with van der Waals surface area (Å²) in [6, 6.07) is 0. The summed E-state index contributed by atoms with van der Waals surface area (Å²) in [5, 5.41) is 0. The van der Waals surface area contributed by atoms with Crippen LogP contribution in [0.3, 0.4) is 0 Å². The first-order valence-corrected chi connectivity index (χ1v) is 6.87. The lowest BCUT2D eigenvalue weighted by Gasteiger charge is -2.30. The topological polar surface area (TPSA) is 72.1 Å². The van der Waals surface area contributed by atoms with Gasteiger partial charge in [0, 0.05) is 19.5 Å². The molecule has 1 aromatic rings. The van der Waals surface area contributed by atoms with Crippen molar-refractivity contribution in [2.45, 2.75) is 39.0 Å². The Bertz CT molecular complexity index is 469. The molecule has 1 amide bonds. The fourth-order valence-electron chi connectivity index (χ4n) is 2.18. The fraction of sp³-hybridized carbons (Fsp3) is 0.643. The molecule has 1 heterocycles. The van der Waals surface area contributed by atoms with Crippen LogP contribution in [0.4, 0.5) is 5.69 Å². The average molecular weight is 262 g/mol. The van der Waals surface area contributed by atoms with Gasteiger partial charge < -0.3 is 10.6 Å². The minimum absolute atomic E-state index is 0.103. The number of nitrogens with two attached hydrogens (primary N) is 1. The van der Waals surface area contributed by atoms with Crippen molar-refractivity contribution in [2.75, 3.05) is 19.3 Å². The fourth-order valence-corrected chi connectivity index (χ4v) is 2.18. The minimum atomic E-state index is -0.103. The number of amides is 1. The van der Waals surface area contributed by atoms with Crippen molar-refractivity contribution in [3.8, 4) is 0 Å². The van der Waals surface area contributed by atoms with Gasteiger partial charge in [-0.2, -0.15) is 0 Å². The molecule has 0 unspecified atom stereocenters. The second-order valence-corrected chi connectivity index (χ2v) is 5.67. The Labute approximate surface area is 114 Å². The Morgan fingerprint density at radius 2 is 2.21 bits per heavy atom. The van der Waals surface area contributed by atoms with E-state index < -0.39 is 0 Å². The van der Waals surface area contributed by atoms with E-state index in [1.807, 2.05) is 20.9 Å². The van der Waals surface area contributed by atoms with Crippen LogP contribution in [-0.4, -0.2) is 34.4 Å². The minimum Gasteiger partial charge on any atom is -0.396 e. The molecule has 5 heteroatoms. The van der Waals surface area contributed by atoms with E-state index in [0.29, 0.717) is 23.1 Å². The third kappa shape index (κ3) is 3.03. The van der Waals surface area contributed by atoms with Crippen molar-refractivity contribution >= 4 is 11.6 Å². The molecule has 0 aromatic carbocycles. The van der Waals surface area contributed by atoms with Crippen molar-refractivity contribution in [3.63, 3.8) is 0 Å². The molecule has 1 fully saturated rings. The van der Waals surface area contributed by atoms with Gasteiger partial charge in [0.15, 0.2) is 5.69 Å². The lowest BCUT2D eigenvalue weighted by molar-refractivity contribution is 0.0740. The van der Waals surface area contributed by atoms with E-state index in [9.17, 15) is 4.79 Å². The summed E-state index contributed by atoms with van der Waals surface area (Å²) in [6.07, 6.45) is 5.24. The molecule has 0 spiro atoms. The monoisotopic (exact) mass is 262 g/mol. The number of rotatable bonds is 4. The maximum Gasteiger partial charge on any atom is 0.274 e. The van der Waals surface area contributed by atoms with Gasteiger partial charge in [-0.1, -0.05) is 20.3 Å². The average Bonchev–Trinajstić information content (AvgIpc) is 2.33. The quantitative estimate of drug-likeness (QED) is 0.901. The maximum atomic E-state index is 12.4. The van der Waals surface area contributed by atoms with Crippen LogP contribution in [0.1, 0.15) is 55.3 Å². The summed E-state index contributed by atoms with van der Waals surface area (Å²) >= 11 is 0. The predicted molar refractivity (Wildman–Crippen MR) is 74.8 cm³/mol. The molecule has 19 heavy (non-hydrogen) atoms. The Hall–Kier alpha value is -1.65. The number of nitrogens with zero attached hydrogens (tertiary/aromatic N) is 3. The highest BCUT2D eigenvalue weighted by Crippen LogP contribution is 2.27. The van der Waals surface area contributed by atoms with Crippen molar-refractivity contribution < 1.29 is 4.79 Å². The zero-order valence-corrected chi connectivity index (χ0v) is 11.9. The van der Waals surface area contributed by atoms with Crippen LogP contribution < -0.4 is 5.73 Å². The lowest BCUT2D eigenvalue weighted by atomic mass is 9.85. The molecular formula is C14H22N4O. The summed E-state index contributed by atoms with van der Waals surface area (Å²) in [7, 11) is 1.82. The second kappa shape index (κ2) is 5.55. The second-order valence-electron chi connectivity index (χ2n) is 5.67. The zero-order chi connectivity index (χ0) is 14.0. The van der Waals surface area contributed by atoms with Crippen LogP contribution in [0.5, 0.6) is 0 Å². The Kier molecular flexibility index (Phi) is 4.02. The van der Waals surface area contributed by atoms with E-state index in [4.69, 9.17) is 5.73 Å². The highest BCUT2D eigenvalue weighted by molar-refractivity contribution is 5.96. The van der Waals surface area contributed by atoms with Gasteiger partial charge in [0.05, 0.1) is 11.9 Å². The molecule has 2 N–H and O–H groups in total. The normalized spacial score (nSPS) is 15.4. The molecule has 0 aliphatic heterocycles. The van der Waals surface area contributed by atoms with Crippen molar-refractivity contribution in [1.82, 2.24) is 14.9 Å². The third-order valence-corrected chi connectivity index (χ3v) is 3.66. The highest BCUT2D eigenvalue weighted by atomic mass is 16.2. The zero-order valence-electron chi connectivity index (χ0n) is 11.9. The number of hydrogen-bond acceptors (Lipinski definition) is 4. The van der Waals surface area contributed by atoms with Crippen LogP contribution in [0.25, 0.3) is 0 Å². The summed E-state index contributed by atoms with van der Waals surface area (Å²) in [4.78, 5) is 22.6. The largest absolute Gasteiger partial charge is 0.396 e. The molecule has 0 radical (unpaired) electrons. The molecule has 0 bridgehead atoms. The smallest absolute Gasteiger partial charge is 0.274 e. The molecule has 1 aliphatic carbocycles. The first-order chi connectivity index (χ1) is 8.99. The lowest BCUT2D eigenvalue weighted by Crippen LogP contribution is -2.35. The van der Waals surface area contributed by atoms with Gasteiger partial charge in [-0.15, -0.1) is 0 Å². The predicted octanol–water partition coefficient (Wildman–Crippen LogP) is 2.05. The summed E-state index contributed by atoms with van der Waals surface area (Å²) in [5.41, 5.74) is 6.52. The van der Waals surface area contributed by atoms with E-state index in [0.717, 1.165) is 6.54 Å². The van der Waals surface area contributed by atoms with Gasteiger partial charge in [0.1, 0.15) is 5.82 Å². The van der Waals surface area contributed by atoms with Crippen LogP contribution in [0, 0.1) is 5.92 Å². The SMILES string of the molecule is CC(C)c1ncc(N)c(C(=O)N(C)CC2CCC2)n1. The van der Waals surface area contributed by atoms with Crippen LogP contribution >= 0.6 is 0 Å². The molecule has 1 aromatic heterocycles. The molecule has 0 atom stereocenters. The van der Waals surface area contributed by atoms with E-state index in [1.54, 1.807) is 4.90 Å². The number of carbonyl (C=O) groups is 1. The van der Waals surface area contributed by atoms with Crippen LogP contribution in [0.15, 0.2) is 6.20 Å². The molecule has 1 aliphatic rings. The highest BCUT2D eigenvalue weighted by Gasteiger charge is 2.24. The third-order valence-electron chi connectivity index (χ3n) is 3.66. The number of hydrogen-bond donors (Lipinski definition) is 1. The molecule has 0 saturated heterocycles.